The van der Waals surface area contributed by atoms with E-state index in [4.69, 9.17) is 0 Å². The van der Waals surface area contributed by atoms with Crippen LogP contribution in [0.25, 0.3) is 11.3 Å². The molecular formula is C22H18F6N6O3S. The molecule has 1 amide bonds. The first-order valence-corrected chi connectivity index (χ1v) is 12.4. The van der Waals surface area contributed by atoms with E-state index in [9.17, 15) is 39.6 Å². The lowest BCUT2D eigenvalue weighted by molar-refractivity contribution is -0.145. The minimum absolute atomic E-state index is 0.139. The number of nitrogens with zero attached hydrogens (tertiary/aromatic N) is 5. The number of hydrogen-bond acceptors (Lipinski definition) is 7. The van der Waals surface area contributed by atoms with Gasteiger partial charge in [-0.2, -0.15) is 17.5 Å². The Kier molecular flexibility index (Phi) is 7.64. The topological polar surface area (TPSA) is 118 Å². The Morgan fingerprint density at radius 3 is 2.32 bits per heavy atom. The number of nitrogens with one attached hydrogen (secondary N) is 1. The molecule has 3 heterocycles. The molecule has 16 heteroatoms. The van der Waals surface area contributed by atoms with Crippen molar-refractivity contribution in [2.75, 3.05) is 0 Å². The predicted octanol–water partition coefficient (Wildman–Crippen LogP) is 3.19. The lowest BCUT2D eigenvalue weighted by atomic mass is 10.2. The van der Waals surface area contributed by atoms with Crippen LogP contribution in [-0.4, -0.2) is 57.1 Å². The van der Waals surface area contributed by atoms with Gasteiger partial charge in [0.2, 0.25) is 21.8 Å². The summed E-state index contributed by atoms with van der Waals surface area (Å²) in [6.07, 6.45) is -5.33. The first-order chi connectivity index (χ1) is 17.9. The van der Waals surface area contributed by atoms with Gasteiger partial charge in [0, 0.05) is 18.0 Å². The van der Waals surface area contributed by atoms with E-state index in [2.05, 4.69) is 25.3 Å². The summed E-state index contributed by atoms with van der Waals surface area (Å²) in [5, 5.41) is 2.45. The minimum Gasteiger partial charge on any atom is -0.349 e. The molecule has 0 spiro atoms. The number of carbonyl (C=O) groups excluding carboxylic acids is 1. The van der Waals surface area contributed by atoms with E-state index < -0.39 is 57.2 Å². The van der Waals surface area contributed by atoms with Gasteiger partial charge in [0.25, 0.3) is 6.43 Å². The van der Waals surface area contributed by atoms with E-state index >= 15 is 0 Å². The number of sulfonamides is 1. The summed E-state index contributed by atoms with van der Waals surface area (Å²) in [6.45, 7) is -0.268. The van der Waals surface area contributed by atoms with Crippen LogP contribution in [0.4, 0.5) is 26.3 Å². The lowest BCUT2D eigenvalue weighted by Crippen LogP contribution is -2.50. The molecule has 9 nitrogen and oxygen atoms in total. The fourth-order valence-corrected chi connectivity index (χ4v) is 5.74. The van der Waals surface area contributed by atoms with Crippen molar-refractivity contribution in [2.24, 2.45) is 0 Å². The number of halogens is 6. The van der Waals surface area contributed by atoms with E-state index in [0.717, 1.165) is 43.0 Å². The molecule has 1 saturated heterocycles. The summed E-state index contributed by atoms with van der Waals surface area (Å²) in [5.74, 6) is -2.92. The number of carbonyl (C=O) groups is 1. The van der Waals surface area contributed by atoms with Gasteiger partial charge in [0.1, 0.15) is 18.2 Å². The molecule has 1 fully saturated rings. The Bertz CT molecular complexity index is 1400. The molecule has 2 atom stereocenters. The van der Waals surface area contributed by atoms with E-state index in [0.29, 0.717) is 4.31 Å². The van der Waals surface area contributed by atoms with Gasteiger partial charge in [0.05, 0.1) is 28.9 Å². The van der Waals surface area contributed by atoms with E-state index in [1.54, 1.807) is 0 Å². The Labute approximate surface area is 212 Å². The number of rotatable bonds is 7. The van der Waals surface area contributed by atoms with Gasteiger partial charge in [-0.15, -0.1) is 0 Å². The van der Waals surface area contributed by atoms with Crippen LogP contribution in [0, 0.1) is 5.82 Å². The average Bonchev–Trinajstić information content (AvgIpc) is 3.34. The zero-order valence-corrected chi connectivity index (χ0v) is 19.9. The monoisotopic (exact) mass is 560 g/mol. The zero-order chi connectivity index (χ0) is 27.7. The van der Waals surface area contributed by atoms with Crippen molar-refractivity contribution in [3.63, 3.8) is 0 Å². The lowest BCUT2D eigenvalue weighted by Gasteiger charge is -2.28. The molecule has 0 radical (unpaired) electrons. The van der Waals surface area contributed by atoms with Crippen molar-refractivity contribution in [1.29, 1.82) is 0 Å². The first-order valence-electron chi connectivity index (χ1n) is 10.9. The van der Waals surface area contributed by atoms with E-state index in [1.807, 2.05) is 0 Å². The number of alkyl halides is 5. The molecule has 1 aromatic carbocycles. The van der Waals surface area contributed by atoms with Gasteiger partial charge in [-0.05, 0) is 43.2 Å². The molecule has 2 aromatic heterocycles. The van der Waals surface area contributed by atoms with Crippen molar-refractivity contribution in [2.45, 2.75) is 49.0 Å². The van der Waals surface area contributed by atoms with Gasteiger partial charge >= 0.3 is 6.18 Å². The van der Waals surface area contributed by atoms with Crippen LogP contribution >= 0.6 is 0 Å². The molecule has 0 aliphatic carbocycles. The largest absolute Gasteiger partial charge is 0.451 e. The first kappa shape index (κ1) is 27.4. The second-order valence-electron chi connectivity index (χ2n) is 8.19. The van der Waals surface area contributed by atoms with Gasteiger partial charge in [-0.3, -0.25) is 4.79 Å². The molecule has 202 valence electrons. The van der Waals surface area contributed by atoms with E-state index in [1.165, 1.54) is 6.07 Å². The van der Waals surface area contributed by atoms with Gasteiger partial charge < -0.3 is 5.32 Å². The zero-order valence-electron chi connectivity index (χ0n) is 19.1. The third-order valence-corrected chi connectivity index (χ3v) is 7.67. The third-order valence-electron chi connectivity index (χ3n) is 5.72. The highest BCUT2D eigenvalue weighted by atomic mass is 32.2. The molecule has 0 unspecified atom stereocenters. The molecule has 38 heavy (non-hydrogen) atoms. The number of aromatic nitrogens is 4. The summed E-state index contributed by atoms with van der Waals surface area (Å²) >= 11 is 0. The smallest absolute Gasteiger partial charge is 0.349 e. The van der Waals surface area contributed by atoms with Crippen LogP contribution in [0.5, 0.6) is 0 Å². The Morgan fingerprint density at radius 2 is 1.71 bits per heavy atom. The van der Waals surface area contributed by atoms with Crippen LogP contribution in [0.15, 0.2) is 53.9 Å². The maximum Gasteiger partial charge on any atom is 0.451 e. The van der Waals surface area contributed by atoms with Crippen LogP contribution in [0.1, 0.15) is 24.4 Å². The summed E-state index contributed by atoms with van der Waals surface area (Å²) in [6, 6.07) is 1.70. The van der Waals surface area contributed by atoms with Crippen LogP contribution in [0.2, 0.25) is 0 Å². The molecule has 1 aliphatic rings. The van der Waals surface area contributed by atoms with Crippen molar-refractivity contribution >= 4 is 15.9 Å². The highest BCUT2D eigenvalue weighted by molar-refractivity contribution is 7.89. The standard InChI is InChI=1S/C22H18F6N6O3S/c23-13-1-3-15(4-2-13)38(36,37)34-17(19(24)25)5-6-18(34)20(35)29-10-14-7-16(33-11-32-14)12-8-30-21(31-9-12)22(26,27)28/h1-4,7-9,11,17-19H,5-6,10H2,(H,29,35)/t17-,18+/m1/s1. The maximum absolute atomic E-state index is 13.7. The highest BCUT2D eigenvalue weighted by Gasteiger charge is 2.49. The van der Waals surface area contributed by atoms with E-state index in [-0.39, 0.29) is 36.3 Å². The molecule has 1 N–H and O–H groups in total. The Morgan fingerprint density at radius 1 is 1.05 bits per heavy atom. The van der Waals surface area contributed by atoms with Crippen molar-refractivity contribution in [3.8, 4) is 11.3 Å². The summed E-state index contributed by atoms with van der Waals surface area (Å²) in [5.41, 5.74) is 0.483. The molecule has 0 saturated carbocycles. The Hall–Kier alpha value is -3.66. The highest BCUT2D eigenvalue weighted by Crippen LogP contribution is 2.34. The Balaban J connectivity index is 1.51. The van der Waals surface area contributed by atoms with Crippen LogP contribution in [0.3, 0.4) is 0 Å². The minimum atomic E-state index is -4.72. The SMILES string of the molecule is O=C(NCc1cc(-c2cnc(C(F)(F)F)nc2)ncn1)[C@@H]1CC[C@H](C(F)F)N1S(=O)(=O)c1ccc(F)cc1. The predicted molar refractivity (Wildman–Crippen MR) is 118 cm³/mol. The van der Waals surface area contributed by atoms with Crippen molar-refractivity contribution < 1.29 is 39.6 Å². The fraction of sp³-hybridized carbons (Fsp3) is 0.318. The quantitative estimate of drug-likeness (QED) is 0.441. The van der Waals surface area contributed by atoms with Crippen molar-refractivity contribution in [3.05, 3.63) is 66.4 Å². The third kappa shape index (κ3) is 5.75. The molecule has 0 bridgehead atoms. The number of hydrogen-bond donors (Lipinski definition) is 1. The molecule has 3 aromatic rings. The molecule has 4 rings (SSSR count). The van der Waals surface area contributed by atoms with Crippen molar-refractivity contribution in [1.82, 2.24) is 29.6 Å². The summed E-state index contributed by atoms with van der Waals surface area (Å²) in [7, 11) is -4.58. The second-order valence-corrected chi connectivity index (χ2v) is 10.0. The normalized spacial score (nSPS) is 18.6. The number of benzene rings is 1. The van der Waals surface area contributed by atoms with Gasteiger partial charge in [-0.1, -0.05) is 0 Å². The average molecular weight is 560 g/mol. The van der Waals surface area contributed by atoms with Gasteiger partial charge in [-0.25, -0.2) is 41.5 Å². The fourth-order valence-electron chi connectivity index (χ4n) is 3.93. The van der Waals surface area contributed by atoms with Gasteiger partial charge in [0.15, 0.2) is 0 Å². The second kappa shape index (κ2) is 10.6. The molecule has 1 aliphatic heterocycles. The maximum atomic E-state index is 13.7. The molecular weight excluding hydrogens is 542 g/mol. The summed E-state index contributed by atoms with van der Waals surface area (Å²) in [4.78, 5) is 26.9. The number of amides is 1. The van der Waals surface area contributed by atoms with Crippen LogP contribution < -0.4 is 5.32 Å². The van der Waals surface area contributed by atoms with Crippen LogP contribution in [-0.2, 0) is 27.5 Å². The summed E-state index contributed by atoms with van der Waals surface area (Å²) < 4.78 is 105.